The number of halogens is 1. The quantitative estimate of drug-likeness (QED) is 0.728. The van der Waals surface area contributed by atoms with Crippen molar-refractivity contribution >= 4 is 45.4 Å². The lowest BCUT2D eigenvalue weighted by molar-refractivity contribution is -0.113. The summed E-state index contributed by atoms with van der Waals surface area (Å²) in [4.78, 5) is 16.8. The molecule has 1 aliphatic heterocycles. The first-order chi connectivity index (χ1) is 9.22. The molecule has 0 saturated heterocycles. The predicted octanol–water partition coefficient (Wildman–Crippen LogP) is 4.00. The van der Waals surface area contributed by atoms with Gasteiger partial charge in [0.05, 0.1) is 15.9 Å². The van der Waals surface area contributed by atoms with E-state index in [-0.39, 0.29) is 11.2 Å². The van der Waals surface area contributed by atoms with Crippen LogP contribution >= 0.6 is 27.7 Å². The van der Waals surface area contributed by atoms with Gasteiger partial charge in [-0.3, -0.25) is 4.79 Å². The van der Waals surface area contributed by atoms with E-state index >= 15 is 0 Å². The molecule has 1 aromatic carbocycles. The van der Waals surface area contributed by atoms with Crippen LogP contribution in [0.5, 0.6) is 0 Å². The first-order valence-electron chi connectivity index (χ1n) is 5.84. The maximum atomic E-state index is 12.0. The molecule has 94 valence electrons. The van der Waals surface area contributed by atoms with E-state index in [9.17, 15) is 4.79 Å². The Kier molecular flexibility index (Phi) is 3.53. The summed E-state index contributed by atoms with van der Waals surface area (Å²) in [5.74, 6) is -0.154. The Morgan fingerprint density at radius 1 is 1.21 bits per heavy atom. The Morgan fingerprint density at radius 3 is 2.79 bits per heavy atom. The average molecular weight is 332 g/mol. The molecule has 2 nitrogen and oxygen atoms in total. The van der Waals surface area contributed by atoms with E-state index in [1.54, 1.807) is 11.8 Å². The number of nitrogens with zero attached hydrogens (tertiary/aromatic N) is 1. The van der Waals surface area contributed by atoms with Crippen molar-refractivity contribution in [2.24, 2.45) is 4.99 Å². The highest BCUT2D eigenvalue weighted by Crippen LogP contribution is 2.32. The zero-order valence-corrected chi connectivity index (χ0v) is 12.3. The summed E-state index contributed by atoms with van der Waals surface area (Å²) in [6, 6.07) is 7.87. The van der Waals surface area contributed by atoms with Crippen molar-refractivity contribution in [3.05, 3.63) is 63.5 Å². The van der Waals surface area contributed by atoms with E-state index in [2.05, 4.69) is 27.0 Å². The van der Waals surface area contributed by atoms with Crippen LogP contribution in [0, 0.1) is 0 Å². The van der Waals surface area contributed by atoms with Crippen molar-refractivity contribution in [3.8, 4) is 0 Å². The fraction of sp³-hybridized carbons (Fsp3) is 0.0667. The van der Waals surface area contributed by atoms with E-state index in [0.717, 1.165) is 15.7 Å². The summed E-state index contributed by atoms with van der Waals surface area (Å²) in [5.41, 5.74) is 1.85. The largest absolute Gasteiger partial charge is 0.283 e. The minimum Gasteiger partial charge on any atom is -0.266 e. The highest BCUT2D eigenvalue weighted by Gasteiger charge is 2.25. The molecular weight excluding hydrogens is 322 g/mol. The summed E-state index contributed by atoms with van der Waals surface area (Å²) in [7, 11) is 0. The first-order valence-corrected chi connectivity index (χ1v) is 7.51. The minimum absolute atomic E-state index is 0.154. The van der Waals surface area contributed by atoms with Crippen LogP contribution < -0.4 is 0 Å². The van der Waals surface area contributed by atoms with Crippen LogP contribution in [0.15, 0.2) is 62.9 Å². The fourth-order valence-corrected chi connectivity index (χ4v) is 3.19. The summed E-state index contributed by atoms with van der Waals surface area (Å²) in [5, 5.41) is 0.157. The molecule has 0 spiro atoms. The topological polar surface area (TPSA) is 29.4 Å². The van der Waals surface area contributed by atoms with Crippen molar-refractivity contribution in [2.45, 2.75) is 5.25 Å². The highest BCUT2D eigenvalue weighted by molar-refractivity contribution is 9.10. The Bertz CT molecular complexity index is 641. The second-order valence-corrected chi connectivity index (χ2v) is 6.28. The summed E-state index contributed by atoms with van der Waals surface area (Å²) < 4.78 is 1.03. The smallest absolute Gasteiger partial charge is 0.266 e. The van der Waals surface area contributed by atoms with E-state index in [1.807, 2.05) is 48.6 Å². The second-order valence-electron chi connectivity index (χ2n) is 4.18. The van der Waals surface area contributed by atoms with Gasteiger partial charge in [0, 0.05) is 4.47 Å². The third kappa shape index (κ3) is 2.80. The third-order valence-electron chi connectivity index (χ3n) is 2.82. The molecule has 1 unspecified atom stereocenters. The Labute approximate surface area is 124 Å². The molecule has 1 amide bonds. The van der Waals surface area contributed by atoms with Crippen molar-refractivity contribution < 1.29 is 4.79 Å². The van der Waals surface area contributed by atoms with Crippen molar-refractivity contribution in [1.82, 2.24) is 0 Å². The molecule has 0 radical (unpaired) electrons. The van der Waals surface area contributed by atoms with Crippen LogP contribution in [0.25, 0.3) is 6.08 Å². The molecule has 0 aromatic heterocycles. The lowest BCUT2D eigenvalue weighted by Crippen LogP contribution is -2.22. The number of hydrogen-bond acceptors (Lipinski definition) is 2. The van der Waals surface area contributed by atoms with Crippen LogP contribution in [0.2, 0.25) is 0 Å². The number of thioether (sulfide) groups is 1. The Balaban J connectivity index is 1.92. The van der Waals surface area contributed by atoms with Gasteiger partial charge in [0.1, 0.15) is 0 Å². The second kappa shape index (κ2) is 5.31. The van der Waals surface area contributed by atoms with Gasteiger partial charge >= 0.3 is 0 Å². The molecule has 0 bridgehead atoms. The lowest BCUT2D eigenvalue weighted by atomic mass is 10.1. The van der Waals surface area contributed by atoms with E-state index in [4.69, 9.17) is 0 Å². The fourth-order valence-electron chi connectivity index (χ4n) is 1.88. The Hall–Kier alpha value is -1.39. The van der Waals surface area contributed by atoms with E-state index in [1.165, 1.54) is 0 Å². The summed E-state index contributed by atoms with van der Waals surface area (Å²) in [6.07, 6.45) is 9.75. The number of carbonyl (C=O) groups excluding carboxylic acids is 1. The summed E-state index contributed by atoms with van der Waals surface area (Å²) >= 11 is 4.95. The normalized spacial score (nSPS) is 23.4. The molecule has 0 saturated carbocycles. The van der Waals surface area contributed by atoms with Gasteiger partial charge in [-0.15, -0.1) is 11.8 Å². The van der Waals surface area contributed by atoms with Crippen LogP contribution in [-0.2, 0) is 4.79 Å². The van der Waals surface area contributed by atoms with Crippen LogP contribution in [-0.4, -0.2) is 16.9 Å². The molecule has 0 fully saturated rings. The van der Waals surface area contributed by atoms with Gasteiger partial charge < -0.3 is 0 Å². The number of allylic oxidation sites excluding steroid dienone is 3. The standard InChI is InChI=1S/C15H10BrNOS/c16-11-7-5-10(6-8-11)9-14-15(18)17-12-3-1-2-4-13(12)19-14/h1-9,13H/b14-9+. The number of fused-ring (bicyclic) bond motifs is 1. The molecule has 2 aliphatic rings. The summed E-state index contributed by atoms with van der Waals surface area (Å²) in [6.45, 7) is 0. The molecule has 1 atom stereocenters. The minimum atomic E-state index is -0.154. The van der Waals surface area contributed by atoms with Gasteiger partial charge in [-0.2, -0.15) is 0 Å². The number of rotatable bonds is 1. The lowest BCUT2D eigenvalue weighted by Gasteiger charge is -2.20. The van der Waals surface area contributed by atoms with Gasteiger partial charge in [-0.1, -0.05) is 46.3 Å². The molecule has 19 heavy (non-hydrogen) atoms. The van der Waals surface area contributed by atoms with Gasteiger partial charge in [-0.05, 0) is 29.8 Å². The van der Waals surface area contributed by atoms with Gasteiger partial charge in [0.2, 0.25) is 0 Å². The molecule has 0 N–H and O–H groups in total. The Morgan fingerprint density at radius 2 is 2.00 bits per heavy atom. The maximum Gasteiger partial charge on any atom is 0.283 e. The van der Waals surface area contributed by atoms with Gasteiger partial charge in [0.15, 0.2) is 0 Å². The number of carbonyl (C=O) groups is 1. The molecule has 1 aliphatic carbocycles. The first kappa shape index (κ1) is 12.6. The van der Waals surface area contributed by atoms with Crippen LogP contribution in [0.1, 0.15) is 5.56 Å². The van der Waals surface area contributed by atoms with E-state index in [0.29, 0.717) is 4.91 Å². The average Bonchev–Trinajstić information content (AvgIpc) is 2.42. The van der Waals surface area contributed by atoms with Gasteiger partial charge in [0.25, 0.3) is 5.91 Å². The molecule has 4 heteroatoms. The molecular formula is C15H10BrNOS. The number of benzene rings is 1. The van der Waals surface area contributed by atoms with Crippen LogP contribution in [0.3, 0.4) is 0 Å². The SMILES string of the molecule is O=C1N=C2C=CC=CC2S/C1=C/c1ccc(Br)cc1. The number of aliphatic imine (C=N–C) groups is 1. The monoisotopic (exact) mass is 331 g/mol. The third-order valence-corrected chi connectivity index (χ3v) is 4.55. The molecule has 1 heterocycles. The van der Waals surface area contributed by atoms with Crippen molar-refractivity contribution in [1.29, 1.82) is 0 Å². The number of amides is 1. The molecule has 1 aromatic rings. The van der Waals surface area contributed by atoms with Crippen molar-refractivity contribution in [3.63, 3.8) is 0 Å². The predicted molar refractivity (Wildman–Crippen MR) is 84.2 cm³/mol. The van der Waals surface area contributed by atoms with Crippen LogP contribution in [0.4, 0.5) is 0 Å². The van der Waals surface area contributed by atoms with Crippen molar-refractivity contribution in [2.75, 3.05) is 0 Å². The zero-order chi connectivity index (χ0) is 13.2. The highest BCUT2D eigenvalue weighted by atomic mass is 79.9. The maximum absolute atomic E-state index is 12.0. The zero-order valence-electron chi connectivity index (χ0n) is 9.92. The molecule has 3 rings (SSSR count). The van der Waals surface area contributed by atoms with E-state index < -0.39 is 0 Å². The van der Waals surface area contributed by atoms with Gasteiger partial charge in [-0.25, -0.2) is 4.99 Å². The number of hydrogen-bond donors (Lipinski definition) is 0.